The molecule has 3 N–H and O–H groups in total. The number of hydrogen-bond donors (Lipinski definition) is 2. The smallest absolute Gasteiger partial charge is 0.237 e. The van der Waals surface area contributed by atoms with Gasteiger partial charge in [0.25, 0.3) is 0 Å². The molecule has 4 heteroatoms. The molecule has 0 heterocycles. The first-order chi connectivity index (χ1) is 7.56. The molecule has 1 amide bonds. The van der Waals surface area contributed by atoms with Crippen LogP contribution in [0.1, 0.15) is 31.9 Å². The van der Waals surface area contributed by atoms with E-state index in [4.69, 9.17) is 5.73 Å². The minimum Gasteiger partial charge on any atom is -0.348 e. The van der Waals surface area contributed by atoms with Gasteiger partial charge in [-0.15, -0.1) is 0 Å². The van der Waals surface area contributed by atoms with Gasteiger partial charge in [-0.25, -0.2) is 0 Å². The first-order valence-corrected chi connectivity index (χ1v) is 6.16. The second kappa shape index (κ2) is 6.01. The molecule has 1 rings (SSSR count). The summed E-state index contributed by atoms with van der Waals surface area (Å²) in [6.07, 6.45) is 0.647. The van der Waals surface area contributed by atoms with E-state index >= 15 is 0 Å². The number of carbonyl (C=O) groups is 1. The number of nitrogens with one attached hydrogen (secondary N) is 1. The Morgan fingerprint density at radius 1 is 1.50 bits per heavy atom. The SMILES string of the molecule is CC[C@@H](N)C(=O)N[C@H](C)c1ccccc1Br. The lowest BCUT2D eigenvalue weighted by Gasteiger charge is -2.18. The van der Waals surface area contributed by atoms with Crippen LogP contribution in [0.25, 0.3) is 0 Å². The Balaban J connectivity index is 2.69. The van der Waals surface area contributed by atoms with E-state index in [1.807, 2.05) is 38.1 Å². The Bertz CT molecular complexity index is 368. The summed E-state index contributed by atoms with van der Waals surface area (Å²) in [6.45, 7) is 3.84. The summed E-state index contributed by atoms with van der Waals surface area (Å²) in [5, 5.41) is 2.89. The fourth-order valence-electron chi connectivity index (χ4n) is 1.41. The molecule has 0 aliphatic rings. The van der Waals surface area contributed by atoms with Crippen LogP contribution >= 0.6 is 15.9 Å². The molecule has 0 aliphatic carbocycles. The van der Waals surface area contributed by atoms with E-state index in [1.54, 1.807) is 0 Å². The van der Waals surface area contributed by atoms with E-state index in [0.29, 0.717) is 6.42 Å². The molecule has 1 aromatic carbocycles. The maximum Gasteiger partial charge on any atom is 0.237 e. The molecule has 0 spiro atoms. The fourth-order valence-corrected chi connectivity index (χ4v) is 2.04. The average molecular weight is 285 g/mol. The van der Waals surface area contributed by atoms with Crippen LogP contribution in [0.15, 0.2) is 28.7 Å². The molecule has 1 aromatic rings. The highest BCUT2D eigenvalue weighted by Gasteiger charge is 2.15. The normalized spacial score (nSPS) is 14.2. The van der Waals surface area contributed by atoms with Gasteiger partial charge in [-0.3, -0.25) is 4.79 Å². The van der Waals surface area contributed by atoms with E-state index in [1.165, 1.54) is 0 Å². The number of hydrogen-bond acceptors (Lipinski definition) is 2. The summed E-state index contributed by atoms with van der Waals surface area (Å²) in [7, 11) is 0. The Morgan fingerprint density at radius 3 is 2.69 bits per heavy atom. The molecule has 0 aromatic heterocycles. The Labute approximate surface area is 105 Å². The third kappa shape index (κ3) is 3.32. The van der Waals surface area contributed by atoms with Crippen LogP contribution in [0.3, 0.4) is 0 Å². The van der Waals surface area contributed by atoms with Gasteiger partial charge in [0.15, 0.2) is 0 Å². The van der Waals surface area contributed by atoms with Crippen molar-refractivity contribution >= 4 is 21.8 Å². The van der Waals surface area contributed by atoms with Crippen LogP contribution in [-0.4, -0.2) is 11.9 Å². The van der Waals surface area contributed by atoms with Crippen molar-refractivity contribution in [2.45, 2.75) is 32.4 Å². The Hall–Kier alpha value is -0.870. The zero-order valence-corrected chi connectivity index (χ0v) is 11.1. The lowest BCUT2D eigenvalue weighted by Crippen LogP contribution is -2.41. The molecular weight excluding hydrogens is 268 g/mol. The molecule has 2 atom stereocenters. The van der Waals surface area contributed by atoms with Gasteiger partial charge in [0.05, 0.1) is 12.1 Å². The predicted molar refractivity (Wildman–Crippen MR) is 69.0 cm³/mol. The van der Waals surface area contributed by atoms with Crippen molar-refractivity contribution < 1.29 is 4.79 Å². The molecule has 3 nitrogen and oxygen atoms in total. The summed E-state index contributed by atoms with van der Waals surface area (Å²) < 4.78 is 0.993. The molecule has 0 saturated carbocycles. The summed E-state index contributed by atoms with van der Waals surface area (Å²) in [6, 6.07) is 7.36. The van der Waals surface area contributed by atoms with Crippen LogP contribution in [0, 0.1) is 0 Å². The van der Waals surface area contributed by atoms with Crippen molar-refractivity contribution in [1.29, 1.82) is 0 Å². The van der Waals surface area contributed by atoms with Crippen molar-refractivity contribution in [2.75, 3.05) is 0 Å². The van der Waals surface area contributed by atoms with Gasteiger partial charge in [0.1, 0.15) is 0 Å². The van der Waals surface area contributed by atoms with Gasteiger partial charge in [0.2, 0.25) is 5.91 Å². The Morgan fingerprint density at radius 2 is 2.12 bits per heavy atom. The fraction of sp³-hybridized carbons (Fsp3) is 0.417. The summed E-state index contributed by atoms with van der Waals surface area (Å²) in [4.78, 5) is 11.6. The number of benzene rings is 1. The minimum atomic E-state index is -0.426. The number of halogens is 1. The molecule has 0 bridgehead atoms. The first kappa shape index (κ1) is 13.2. The van der Waals surface area contributed by atoms with E-state index in [9.17, 15) is 4.79 Å². The lowest BCUT2D eigenvalue weighted by molar-refractivity contribution is -0.123. The van der Waals surface area contributed by atoms with E-state index in [-0.39, 0.29) is 11.9 Å². The zero-order valence-electron chi connectivity index (χ0n) is 9.53. The molecule has 0 radical (unpaired) electrons. The number of carbonyl (C=O) groups excluding carboxylic acids is 1. The van der Waals surface area contributed by atoms with Crippen molar-refractivity contribution in [3.05, 3.63) is 34.3 Å². The lowest BCUT2D eigenvalue weighted by atomic mass is 10.1. The van der Waals surface area contributed by atoms with Gasteiger partial charge in [0, 0.05) is 4.47 Å². The van der Waals surface area contributed by atoms with E-state index in [0.717, 1.165) is 10.0 Å². The zero-order chi connectivity index (χ0) is 12.1. The van der Waals surface area contributed by atoms with E-state index < -0.39 is 6.04 Å². The average Bonchev–Trinajstić information content (AvgIpc) is 2.28. The molecule has 0 aliphatic heterocycles. The molecule has 88 valence electrons. The summed E-state index contributed by atoms with van der Waals surface area (Å²) in [5.41, 5.74) is 6.71. The van der Waals surface area contributed by atoms with Gasteiger partial charge < -0.3 is 11.1 Å². The second-order valence-electron chi connectivity index (χ2n) is 3.77. The summed E-state index contributed by atoms with van der Waals surface area (Å²) in [5.74, 6) is -0.106. The monoisotopic (exact) mass is 284 g/mol. The maximum absolute atomic E-state index is 11.6. The van der Waals surface area contributed by atoms with Crippen LogP contribution in [0.2, 0.25) is 0 Å². The number of nitrogens with two attached hydrogens (primary N) is 1. The van der Waals surface area contributed by atoms with Gasteiger partial charge >= 0.3 is 0 Å². The van der Waals surface area contributed by atoms with Crippen molar-refractivity contribution in [3.8, 4) is 0 Å². The first-order valence-electron chi connectivity index (χ1n) is 5.36. The number of rotatable bonds is 4. The van der Waals surface area contributed by atoms with Crippen LogP contribution in [0.4, 0.5) is 0 Å². The highest BCUT2D eigenvalue weighted by atomic mass is 79.9. The predicted octanol–water partition coefficient (Wildman–Crippen LogP) is 2.36. The van der Waals surface area contributed by atoms with Crippen LogP contribution in [-0.2, 0) is 4.79 Å². The standard InChI is InChI=1S/C12H17BrN2O/c1-3-11(14)12(16)15-8(2)9-6-4-5-7-10(9)13/h4-8,11H,3,14H2,1-2H3,(H,15,16)/t8-,11-/m1/s1. The van der Waals surface area contributed by atoms with Crippen molar-refractivity contribution in [1.82, 2.24) is 5.32 Å². The molecule has 0 saturated heterocycles. The highest BCUT2D eigenvalue weighted by molar-refractivity contribution is 9.10. The molecular formula is C12H17BrN2O. The minimum absolute atomic E-state index is 0.0410. The quantitative estimate of drug-likeness (QED) is 0.892. The topological polar surface area (TPSA) is 55.1 Å². The molecule has 16 heavy (non-hydrogen) atoms. The number of amides is 1. The Kier molecular flexibility index (Phi) is 4.96. The molecule has 0 fully saturated rings. The van der Waals surface area contributed by atoms with Crippen molar-refractivity contribution in [2.24, 2.45) is 5.73 Å². The van der Waals surface area contributed by atoms with Gasteiger partial charge in [-0.05, 0) is 25.0 Å². The largest absolute Gasteiger partial charge is 0.348 e. The second-order valence-corrected chi connectivity index (χ2v) is 4.62. The molecule has 0 unspecified atom stereocenters. The van der Waals surface area contributed by atoms with Gasteiger partial charge in [-0.1, -0.05) is 41.1 Å². The third-order valence-electron chi connectivity index (χ3n) is 2.51. The van der Waals surface area contributed by atoms with Gasteiger partial charge in [-0.2, -0.15) is 0 Å². The van der Waals surface area contributed by atoms with Crippen LogP contribution < -0.4 is 11.1 Å². The van der Waals surface area contributed by atoms with E-state index in [2.05, 4.69) is 21.2 Å². The van der Waals surface area contributed by atoms with Crippen molar-refractivity contribution in [3.63, 3.8) is 0 Å². The maximum atomic E-state index is 11.6. The highest BCUT2D eigenvalue weighted by Crippen LogP contribution is 2.22. The van der Waals surface area contributed by atoms with Crippen LogP contribution in [0.5, 0.6) is 0 Å². The third-order valence-corrected chi connectivity index (χ3v) is 3.23. The summed E-state index contributed by atoms with van der Waals surface area (Å²) >= 11 is 3.46.